The van der Waals surface area contributed by atoms with Crippen LogP contribution in [0.3, 0.4) is 0 Å². The Hall–Kier alpha value is -3.03. The van der Waals surface area contributed by atoms with Crippen LogP contribution in [0.4, 0.5) is 0 Å². The molecule has 0 bridgehead atoms. The lowest BCUT2D eigenvalue weighted by Crippen LogP contribution is -2.59. The Labute approximate surface area is 184 Å². The number of hydrogen-bond donors (Lipinski definition) is 2. The molecular formula is C23H23ClN2O5. The van der Waals surface area contributed by atoms with E-state index in [-0.39, 0.29) is 5.91 Å². The van der Waals surface area contributed by atoms with Crippen molar-refractivity contribution in [2.45, 2.75) is 18.4 Å². The molecule has 162 valence electrons. The number of amides is 1. The van der Waals surface area contributed by atoms with Crippen molar-refractivity contribution in [2.24, 2.45) is 7.05 Å². The van der Waals surface area contributed by atoms with Gasteiger partial charge in [0, 0.05) is 12.4 Å². The van der Waals surface area contributed by atoms with Gasteiger partial charge < -0.3 is 24.5 Å². The first kappa shape index (κ1) is 21.2. The molecule has 0 unspecified atom stereocenters. The Balaban J connectivity index is 1.63. The molecule has 1 saturated heterocycles. The van der Waals surface area contributed by atoms with Crippen LogP contribution in [0.1, 0.15) is 34.5 Å². The highest BCUT2D eigenvalue weighted by Crippen LogP contribution is 2.35. The van der Waals surface area contributed by atoms with Crippen LogP contribution in [-0.2, 0) is 22.1 Å². The third kappa shape index (κ3) is 3.54. The lowest BCUT2D eigenvalue weighted by atomic mass is 9.86. The van der Waals surface area contributed by atoms with Crippen LogP contribution >= 0.6 is 11.6 Å². The molecule has 2 heterocycles. The molecule has 0 saturated carbocycles. The Kier molecular flexibility index (Phi) is 5.41. The van der Waals surface area contributed by atoms with Crippen molar-refractivity contribution in [1.29, 1.82) is 0 Å². The van der Waals surface area contributed by atoms with Crippen molar-refractivity contribution in [3.05, 3.63) is 64.3 Å². The number of halogens is 1. The van der Waals surface area contributed by atoms with Crippen molar-refractivity contribution in [2.75, 3.05) is 20.3 Å². The summed E-state index contributed by atoms with van der Waals surface area (Å²) in [5.41, 5.74) is 2.19. The molecule has 2 aromatic carbocycles. The quantitative estimate of drug-likeness (QED) is 0.607. The largest absolute Gasteiger partial charge is 0.495 e. The van der Waals surface area contributed by atoms with Crippen molar-refractivity contribution >= 4 is 34.4 Å². The number of benzene rings is 2. The number of methoxy groups -OCH3 is 1. The number of rotatable bonds is 6. The number of aromatic nitrogens is 1. The first-order chi connectivity index (χ1) is 14.8. The zero-order valence-corrected chi connectivity index (χ0v) is 18.2. The van der Waals surface area contributed by atoms with Gasteiger partial charge in [0.25, 0.3) is 5.91 Å². The number of aliphatic carboxylic acids is 1. The highest BCUT2D eigenvalue weighted by molar-refractivity contribution is 6.37. The molecule has 0 spiro atoms. The van der Waals surface area contributed by atoms with E-state index in [9.17, 15) is 14.7 Å². The van der Waals surface area contributed by atoms with Gasteiger partial charge in [0.15, 0.2) is 0 Å². The molecule has 3 aromatic rings. The van der Waals surface area contributed by atoms with Gasteiger partial charge in [-0.15, -0.1) is 0 Å². The van der Waals surface area contributed by atoms with Gasteiger partial charge in [-0.3, -0.25) is 9.59 Å². The fourth-order valence-corrected chi connectivity index (χ4v) is 4.15. The Morgan fingerprint density at radius 2 is 1.90 bits per heavy atom. The van der Waals surface area contributed by atoms with Gasteiger partial charge in [0.1, 0.15) is 17.0 Å². The minimum absolute atomic E-state index is 0.250. The summed E-state index contributed by atoms with van der Waals surface area (Å²) in [6.07, 6.45) is 0. The summed E-state index contributed by atoms with van der Waals surface area (Å²) in [6.45, 7) is 2.32. The number of nitrogens with one attached hydrogen (secondary N) is 1. The molecule has 1 atom stereocenters. The zero-order chi connectivity index (χ0) is 22.3. The summed E-state index contributed by atoms with van der Waals surface area (Å²) in [6, 6.07) is 12.6. The molecule has 0 aliphatic carbocycles. The fraction of sp³-hybridized carbons (Fsp3) is 0.304. The minimum Gasteiger partial charge on any atom is -0.495 e. The first-order valence-electron chi connectivity index (χ1n) is 9.83. The molecule has 7 nitrogen and oxygen atoms in total. The number of nitrogens with zero attached hydrogens (tertiary/aromatic N) is 1. The zero-order valence-electron chi connectivity index (χ0n) is 17.4. The van der Waals surface area contributed by atoms with E-state index in [1.54, 1.807) is 42.9 Å². The Morgan fingerprint density at radius 3 is 2.45 bits per heavy atom. The van der Waals surface area contributed by atoms with E-state index in [4.69, 9.17) is 21.1 Å². The second kappa shape index (κ2) is 7.90. The lowest BCUT2D eigenvalue weighted by molar-refractivity contribution is -0.138. The summed E-state index contributed by atoms with van der Waals surface area (Å²) >= 11 is 6.43. The second-order valence-corrected chi connectivity index (χ2v) is 8.19. The summed E-state index contributed by atoms with van der Waals surface area (Å²) in [5, 5.41) is 13.5. The molecule has 2 N–H and O–H groups in total. The van der Waals surface area contributed by atoms with E-state index in [0.29, 0.717) is 35.2 Å². The number of aryl methyl sites for hydroxylation is 1. The topological polar surface area (TPSA) is 89.8 Å². The van der Waals surface area contributed by atoms with Crippen molar-refractivity contribution in [3.8, 4) is 5.75 Å². The summed E-state index contributed by atoms with van der Waals surface area (Å²) < 4.78 is 12.5. The Bertz CT molecular complexity index is 1160. The third-order valence-electron chi connectivity index (χ3n) is 5.96. The van der Waals surface area contributed by atoms with Gasteiger partial charge in [0.2, 0.25) is 0 Å². The molecule has 1 fully saturated rings. The van der Waals surface area contributed by atoms with Gasteiger partial charge in [-0.1, -0.05) is 35.9 Å². The fourth-order valence-electron chi connectivity index (χ4n) is 3.86. The molecular weight excluding hydrogens is 420 g/mol. The monoisotopic (exact) mass is 442 g/mol. The number of carboxylic acid groups (broad SMARTS) is 1. The predicted octanol–water partition coefficient (Wildman–Crippen LogP) is 3.68. The van der Waals surface area contributed by atoms with Crippen LogP contribution in [0.2, 0.25) is 5.02 Å². The Morgan fingerprint density at radius 1 is 1.23 bits per heavy atom. The van der Waals surface area contributed by atoms with Gasteiger partial charge in [-0.05, 0) is 36.2 Å². The van der Waals surface area contributed by atoms with Crippen LogP contribution in [0.25, 0.3) is 10.9 Å². The SMILES string of the molecule is COc1ccc2c(cc(C(=O)NC3(c4ccc([C@@H](C)C(=O)O)cc4)COC3)n2C)c1Cl. The molecule has 0 radical (unpaired) electrons. The van der Waals surface area contributed by atoms with Gasteiger partial charge in [-0.2, -0.15) is 0 Å². The predicted molar refractivity (Wildman–Crippen MR) is 117 cm³/mol. The van der Waals surface area contributed by atoms with E-state index in [1.807, 2.05) is 25.2 Å². The maximum absolute atomic E-state index is 13.2. The van der Waals surface area contributed by atoms with Crippen molar-refractivity contribution in [1.82, 2.24) is 9.88 Å². The van der Waals surface area contributed by atoms with Gasteiger partial charge in [0.05, 0.1) is 36.8 Å². The normalized spacial score (nSPS) is 15.9. The van der Waals surface area contributed by atoms with E-state index in [1.165, 1.54) is 0 Å². The van der Waals surface area contributed by atoms with Crippen LogP contribution < -0.4 is 10.1 Å². The number of carboxylic acids is 1. The molecule has 1 amide bonds. The smallest absolute Gasteiger partial charge is 0.310 e. The van der Waals surface area contributed by atoms with Crippen molar-refractivity contribution < 1.29 is 24.2 Å². The molecule has 4 rings (SSSR count). The van der Waals surface area contributed by atoms with E-state index < -0.39 is 17.4 Å². The highest BCUT2D eigenvalue weighted by Gasteiger charge is 2.42. The highest BCUT2D eigenvalue weighted by atomic mass is 35.5. The minimum atomic E-state index is -0.881. The molecule has 31 heavy (non-hydrogen) atoms. The first-order valence-corrected chi connectivity index (χ1v) is 10.2. The lowest BCUT2D eigenvalue weighted by Gasteiger charge is -2.42. The number of ether oxygens (including phenoxy) is 2. The summed E-state index contributed by atoms with van der Waals surface area (Å²) in [4.78, 5) is 24.4. The van der Waals surface area contributed by atoms with E-state index in [0.717, 1.165) is 16.5 Å². The van der Waals surface area contributed by atoms with Crippen LogP contribution in [-0.4, -0.2) is 41.9 Å². The number of carbonyl (C=O) groups is 2. The van der Waals surface area contributed by atoms with Gasteiger partial charge in [-0.25, -0.2) is 0 Å². The maximum Gasteiger partial charge on any atom is 0.310 e. The van der Waals surface area contributed by atoms with Crippen molar-refractivity contribution in [3.63, 3.8) is 0 Å². The summed E-state index contributed by atoms with van der Waals surface area (Å²) in [5.74, 6) is -1.19. The number of fused-ring (bicyclic) bond motifs is 1. The maximum atomic E-state index is 13.2. The average Bonchev–Trinajstić information content (AvgIpc) is 3.08. The standard InChI is InChI=1S/C23H23ClN2O5/c1-13(22(28)29)14-4-6-15(7-5-14)23(11-31-12-23)25-21(27)18-10-16-17(26(18)2)8-9-19(30-3)20(16)24/h4-10,13H,11-12H2,1-3H3,(H,25,27)(H,28,29)/t13-/m1/s1. The average molecular weight is 443 g/mol. The third-order valence-corrected chi connectivity index (χ3v) is 6.35. The summed E-state index contributed by atoms with van der Waals surface area (Å²) in [7, 11) is 3.36. The molecule has 8 heteroatoms. The van der Waals surface area contributed by atoms with Gasteiger partial charge >= 0.3 is 5.97 Å². The number of hydrogen-bond acceptors (Lipinski definition) is 4. The van der Waals surface area contributed by atoms with E-state index in [2.05, 4.69) is 5.32 Å². The van der Waals surface area contributed by atoms with Crippen LogP contribution in [0.15, 0.2) is 42.5 Å². The molecule has 1 aromatic heterocycles. The molecule has 1 aliphatic rings. The van der Waals surface area contributed by atoms with Crippen LogP contribution in [0.5, 0.6) is 5.75 Å². The second-order valence-electron chi connectivity index (χ2n) is 7.81. The molecule has 1 aliphatic heterocycles. The van der Waals surface area contributed by atoms with E-state index >= 15 is 0 Å². The van der Waals surface area contributed by atoms with Crippen LogP contribution in [0, 0.1) is 0 Å². The number of carbonyl (C=O) groups excluding carboxylic acids is 1.